The minimum absolute atomic E-state index is 0.222. The molecule has 0 radical (unpaired) electrons. The van der Waals surface area contributed by atoms with E-state index >= 15 is 0 Å². The molecule has 0 aliphatic carbocycles. The SMILES string of the molecule is CSCCC(N/C=C(/C#N)C(=O)NC(CCSC)C(=O)O)C(=O)O. The average Bonchev–Trinajstić information content (AvgIpc) is 2.53. The van der Waals surface area contributed by atoms with Gasteiger partial charge >= 0.3 is 11.9 Å². The highest BCUT2D eigenvalue weighted by molar-refractivity contribution is 7.98. The minimum atomic E-state index is -1.19. The third-order valence-electron chi connectivity index (χ3n) is 2.92. The lowest BCUT2D eigenvalue weighted by molar-refractivity contribution is -0.141. The highest BCUT2D eigenvalue weighted by Gasteiger charge is 2.22. The first kappa shape index (κ1) is 22.1. The van der Waals surface area contributed by atoms with Gasteiger partial charge in [0.1, 0.15) is 23.7 Å². The number of aliphatic carboxylic acids is 2. The molecule has 0 saturated carbocycles. The van der Waals surface area contributed by atoms with Crippen LogP contribution >= 0.6 is 23.5 Å². The van der Waals surface area contributed by atoms with Gasteiger partial charge in [0.2, 0.25) is 0 Å². The lowest BCUT2D eigenvalue weighted by atomic mass is 10.2. The summed E-state index contributed by atoms with van der Waals surface area (Å²) >= 11 is 2.92. The van der Waals surface area contributed by atoms with Crippen LogP contribution in [-0.2, 0) is 14.4 Å². The molecule has 0 aliphatic rings. The first-order valence-corrected chi connectivity index (χ1v) is 9.76. The zero-order valence-corrected chi connectivity index (χ0v) is 15.1. The summed E-state index contributed by atoms with van der Waals surface area (Å²) in [4.78, 5) is 34.2. The number of nitriles is 1. The van der Waals surface area contributed by atoms with Gasteiger partial charge in [-0.3, -0.25) is 4.79 Å². The van der Waals surface area contributed by atoms with Gasteiger partial charge in [-0.2, -0.15) is 28.8 Å². The van der Waals surface area contributed by atoms with Crippen LogP contribution in [0.15, 0.2) is 11.8 Å². The topological polar surface area (TPSA) is 140 Å². The van der Waals surface area contributed by atoms with Gasteiger partial charge in [0, 0.05) is 6.20 Å². The van der Waals surface area contributed by atoms with E-state index in [4.69, 9.17) is 15.5 Å². The number of hydrogen-bond donors (Lipinski definition) is 4. The van der Waals surface area contributed by atoms with Crippen molar-refractivity contribution in [3.8, 4) is 6.07 Å². The Bertz CT molecular complexity index is 519. The maximum Gasteiger partial charge on any atom is 0.326 e. The molecule has 1 amide bonds. The molecule has 0 saturated heterocycles. The summed E-state index contributed by atoms with van der Waals surface area (Å²) in [5, 5.41) is 32.0. The van der Waals surface area contributed by atoms with E-state index in [-0.39, 0.29) is 12.0 Å². The standard InChI is InChI=1S/C14H21N3O5S2/c1-23-5-3-10(13(19)20)16-8-9(7-15)12(18)17-11(14(21)22)4-6-24-2/h8,10-11,16H,3-6H2,1-2H3,(H,17,18)(H,19,20)(H,21,22)/b9-8-. The van der Waals surface area contributed by atoms with Crippen LogP contribution in [0.4, 0.5) is 0 Å². The normalized spacial score (nSPS) is 13.5. The summed E-state index contributed by atoms with van der Waals surface area (Å²) in [6.45, 7) is 0. The molecule has 0 aliphatic heterocycles. The van der Waals surface area contributed by atoms with E-state index in [1.807, 2.05) is 12.5 Å². The van der Waals surface area contributed by atoms with E-state index in [0.717, 1.165) is 6.20 Å². The molecule has 0 aromatic rings. The van der Waals surface area contributed by atoms with E-state index in [1.165, 1.54) is 23.5 Å². The number of carbonyl (C=O) groups is 3. The molecular weight excluding hydrogens is 354 g/mol. The zero-order chi connectivity index (χ0) is 18.5. The summed E-state index contributed by atoms with van der Waals surface area (Å²) < 4.78 is 0. The molecule has 0 bridgehead atoms. The second kappa shape index (κ2) is 12.5. The maximum atomic E-state index is 12.0. The van der Waals surface area contributed by atoms with Crippen LogP contribution in [0.2, 0.25) is 0 Å². The number of nitrogens with one attached hydrogen (secondary N) is 2. The highest BCUT2D eigenvalue weighted by Crippen LogP contribution is 2.04. The van der Waals surface area contributed by atoms with Crippen molar-refractivity contribution in [1.82, 2.24) is 10.6 Å². The Morgan fingerprint density at radius 1 is 1.08 bits per heavy atom. The van der Waals surface area contributed by atoms with Crippen molar-refractivity contribution in [2.75, 3.05) is 24.0 Å². The predicted octanol–water partition coefficient (Wildman–Crippen LogP) is 0.512. The lowest BCUT2D eigenvalue weighted by Crippen LogP contribution is -2.42. The number of carboxylic acids is 2. The summed E-state index contributed by atoms with van der Waals surface area (Å²) in [6, 6.07) is -0.391. The molecule has 10 heteroatoms. The Morgan fingerprint density at radius 2 is 1.58 bits per heavy atom. The maximum absolute atomic E-state index is 12.0. The summed E-state index contributed by atoms with van der Waals surface area (Å²) in [5.74, 6) is -2.00. The minimum Gasteiger partial charge on any atom is -0.480 e. The summed E-state index contributed by atoms with van der Waals surface area (Å²) in [7, 11) is 0. The number of nitrogens with zero attached hydrogens (tertiary/aromatic N) is 1. The van der Waals surface area contributed by atoms with Gasteiger partial charge in [-0.05, 0) is 36.9 Å². The molecule has 0 rings (SSSR count). The largest absolute Gasteiger partial charge is 0.480 e. The van der Waals surface area contributed by atoms with Crippen molar-refractivity contribution < 1.29 is 24.6 Å². The summed E-state index contributed by atoms with van der Waals surface area (Å²) in [5.41, 5.74) is -0.374. The van der Waals surface area contributed by atoms with Crippen molar-refractivity contribution in [2.45, 2.75) is 24.9 Å². The number of carboxylic acid groups (broad SMARTS) is 2. The van der Waals surface area contributed by atoms with Gasteiger partial charge in [0.15, 0.2) is 0 Å². The van der Waals surface area contributed by atoms with Crippen molar-refractivity contribution in [1.29, 1.82) is 5.26 Å². The molecule has 2 atom stereocenters. The van der Waals surface area contributed by atoms with Crippen molar-refractivity contribution >= 4 is 41.4 Å². The molecular formula is C14H21N3O5S2. The quantitative estimate of drug-likeness (QED) is 0.284. The van der Waals surface area contributed by atoms with Crippen LogP contribution in [0, 0.1) is 11.3 Å². The Labute approximate surface area is 149 Å². The molecule has 24 heavy (non-hydrogen) atoms. The molecule has 4 N–H and O–H groups in total. The third-order valence-corrected chi connectivity index (χ3v) is 4.20. The smallest absolute Gasteiger partial charge is 0.326 e. The van der Waals surface area contributed by atoms with Crippen LogP contribution < -0.4 is 10.6 Å². The molecule has 0 fully saturated rings. The number of rotatable bonds is 12. The van der Waals surface area contributed by atoms with Crippen molar-refractivity contribution in [3.63, 3.8) is 0 Å². The molecule has 0 spiro atoms. The molecule has 8 nitrogen and oxygen atoms in total. The van der Waals surface area contributed by atoms with Crippen LogP contribution in [0.1, 0.15) is 12.8 Å². The molecule has 0 aromatic carbocycles. The number of thioether (sulfide) groups is 2. The Balaban J connectivity index is 4.90. The first-order valence-electron chi connectivity index (χ1n) is 6.98. The van der Waals surface area contributed by atoms with Gasteiger partial charge in [0.25, 0.3) is 5.91 Å². The molecule has 134 valence electrons. The van der Waals surface area contributed by atoms with Crippen molar-refractivity contribution in [2.24, 2.45) is 0 Å². The van der Waals surface area contributed by atoms with Crippen LogP contribution in [0.5, 0.6) is 0 Å². The third kappa shape index (κ3) is 8.69. The van der Waals surface area contributed by atoms with Gasteiger partial charge in [-0.15, -0.1) is 0 Å². The number of carbonyl (C=O) groups excluding carboxylic acids is 1. The molecule has 2 unspecified atom stereocenters. The first-order chi connectivity index (χ1) is 11.4. The predicted molar refractivity (Wildman–Crippen MR) is 93.8 cm³/mol. The second-order valence-corrected chi connectivity index (χ2v) is 6.63. The van der Waals surface area contributed by atoms with Gasteiger partial charge < -0.3 is 20.8 Å². The molecule has 0 heterocycles. The summed E-state index contributed by atoms with van der Waals surface area (Å²) in [6.07, 6.45) is 5.20. The van der Waals surface area contributed by atoms with E-state index < -0.39 is 29.9 Å². The number of hydrogen-bond acceptors (Lipinski definition) is 7. The fraction of sp³-hybridized carbons (Fsp3) is 0.571. The Kier molecular flexibility index (Phi) is 11.6. The van der Waals surface area contributed by atoms with E-state index in [9.17, 15) is 14.4 Å². The van der Waals surface area contributed by atoms with E-state index in [0.29, 0.717) is 17.9 Å². The van der Waals surface area contributed by atoms with Crippen LogP contribution in [0.3, 0.4) is 0 Å². The van der Waals surface area contributed by atoms with Gasteiger partial charge in [0.05, 0.1) is 0 Å². The van der Waals surface area contributed by atoms with Crippen molar-refractivity contribution in [3.05, 3.63) is 11.8 Å². The van der Waals surface area contributed by atoms with E-state index in [1.54, 1.807) is 6.07 Å². The fourth-order valence-electron chi connectivity index (χ4n) is 1.58. The lowest BCUT2D eigenvalue weighted by Gasteiger charge is -2.15. The van der Waals surface area contributed by atoms with Gasteiger partial charge in [-0.1, -0.05) is 0 Å². The average molecular weight is 375 g/mol. The fourth-order valence-corrected chi connectivity index (χ4v) is 2.52. The molecule has 0 aromatic heterocycles. The highest BCUT2D eigenvalue weighted by atomic mass is 32.2. The van der Waals surface area contributed by atoms with Gasteiger partial charge in [-0.25, -0.2) is 9.59 Å². The Morgan fingerprint density at radius 3 is 2.00 bits per heavy atom. The van der Waals surface area contributed by atoms with E-state index in [2.05, 4.69) is 10.6 Å². The monoisotopic (exact) mass is 375 g/mol. The van der Waals surface area contributed by atoms with Crippen LogP contribution in [0.25, 0.3) is 0 Å². The number of amides is 1. The van der Waals surface area contributed by atoms with Crippen LogP contribution in [-0.4, -0.2) is 64.2 Å². The zero-order valence-electron chi connectivity index (χ0n) is 13.4. The second-order valence-electron chi connectivity index (χ2n) is 4.65. The Hall–Kier alpha value is -1.86.